The van der Waals surface area contributed by atoms with Crippen molar-refractivity contribution >= 4 is 0 Å². The number of nitrogens with one attached hydrogen (secondary N) is 1. The lowest BCUT2D eigenvalue weighted by Crippen LogP contribution is -2.05. The predicted molar refractivity (Wildman–Crippen MR) is 118 cm³/mol. The highest BCUT2D eigenvalue weighted by Gasteiger charge is 2.13. The molecule has 0 atom stereocenters. The maximum absolute atomic E-state index is 5.63. The largest absolute Gasteiger partial charge is 0.462 e. The van der Waals surface area contributed by atoms with Crippen molar-refractivity contribution in [3.05, 3.63) is 72.1 Å². The molecule has 0 aliphatic carbocycles. The highest BCUT2D eigenvalue weighted by molar-refractivity contribution is 5.80. The van der Waals surface area contributed by atoms with Crippen LogP contribution in [0.25, 0.3) is 22.5 Å². The summed E-state index contributed by atoms with van der Waals surface area (Å²) in [5.41, 5.74) is 4.28. The molecule has 0 spiro atoms. The van der Waals surface area contributed by atoms with Gasteiger partial charge in [-0.05, 0) is 40.5 Å². The van der Waals surface area contributed by atoms with Gasteiger partial charge in [0.2, 0.25) is 0 Å². The third-order valence-corrected chi connectivity index (χ3v) is 4.83. The summed E-state index contributed by atoms with van der Waals surface area (Å²) in [7, 11) is 0. The number of aromatic amines is 1. The maximum Gasteiger partial charge on any atom is 0.335 e. The first kappa shape index (κ1) is 20.5. The smallest absolute Gasteiger partial charge is 0.335 e. The van der Waals surface area contributed by atoms with Crippen LogP contribution < -0.4 is 4.74 Å². The minimum atomic E-state index is 0.438. The van der Waals surface area contributed by atoms with E-state index in [1.54, 1.807) is 0 Å². The lowest BCUT2D eigenvalue weighted by Gasteiger charge is -2.08. The highest BCUT2D eigenvalue weighted by atomic mass is 16.5. The monoisotopic (exact) mass is 415 g/mol. The van der Waals surface area contributed by atoms with Gasteiger partial charge in [-0.15, -0.1) is 10.2 Å². The van der Waals surface area contributed by atoms with E-state index in [9.17, 15) is 0 Å². The van der Waals surface area contributed by atoms with E-state index in [2.05, 4.69) is 74.0 Å². The van der Waals surface area contributed by atoms with Gasteiger partial charge in [0.1, 0.15) is 5.82 Å². The quantitative estimate of drug-likeness (QED) is 0.414. The van der Waals surface area contributed by atoms with Crippen LogP contribution in [0.4, 0.5) is 0 Å². The van der Waals surface area contributed by atoms with E-state index < -0.39 is 0 Å². The third-order valence-electron chi connectivity index (χ3n) is 4.83. The summed E-state index contributed by atoms with van der Waals surface area (Å²) in [5.74, 6) is 1.53. The molecule has 2 aromatic carbocycles. The van der Waals surface area contributed by atoms with E-state index >= 15 is 0 Å². The van der Waals surface area contributed by atoms with Crippen molar-refractivity contribution in [2.24, 2.45) is 0 Å². The topological polar surface area (TPSA) is 94.4 Å². The fourth-order valence-electron chi connectivity index (χ4n) is 3.29. The Morgan fingerprint density at radius 1 is 1.06 bits per heavy atom. The summed E-state index contributed by atoms with van der Waals surface area (Å²) >= 11 is 0. The minimum Gasteiger partial charge on any atom is -0.462 e. The minimum absolute atomic E-state index is 0.438. The van der Waals surface area contributed by atoms with E-state index in [4.69, 9.17) is 4.74 Å². The van der Waals surface area contributed by atoms with Crippen molar-refractivity contribution in [2.75, 3.05) is 6.61 Å². The standard InChI is InChI=1S/C23H25N7O/c1-3-5-14-30-21(24-23(27-30)31-15-4-2)16-17-10-12-18(13-11-17)19-8-6-7-9-20(19)22-25-28-29-26-22/h3,5-13H,4,14-16H2,1-2H3,(H,25,26,28,29). The Morgan fingerprint density at radius 2 is 1.87 bits per heavy atom. The van der Waals surface area contributed by atoms with Crippen LogP contribution in [0.5, 0.6) is 6.01 Å². The van der Waals surface area contributed by atoms with E-state index in [0.717, 1.165) is 34.5 Å². The zero-order valence-corrected chi connectivity index (χ0v) is 17.7. The molecule has 31 heavy (non-hydrogen) atoms. The molecule has 158 valence electrons. The lowest BCUT2D eigenvalue weighted by molar-refractivity contribution is 0.291. The van der Waals surface area contributed by atoms with Crippen molar-refractivity contribution < 1.29 is 4.74 Å². The van der Waals surface area contributed by atoms with E-state index in [1.165, 1.54) is 0 Å². The molecule has 1 N–H and O–H groups in total. The van der Waals surface area contributed by atoms with Crippen molar-refractivity contribution in [3.63, 3.8) is 0 Å². The third kappa shape index (κ3) is 4.85. The molecular formula is C23H25N7O. The summed E-state index contributed by atoms with van der Waals surface area (Å²) in [6.45, 7) is 5.35. The first-order valence-corrected chi connectivity index (χ1v) is 10.4. The van der Waals surface area contributed by atoms with E-state index in [0.29, 0.717) is 31.4 Å². The molecule has 0 radical (unpaired) electrons. The lowest BCUT2D eigenvalue weighted by atomic mass is 9.98. The van der Waals surface area contributed by atoms with E-state index in [1.807, 2.05) is 35.9 Å². The molecule has 0 fully saturated rings. The Balaban J connectivity index is 1.57. The van der Waals surface area contributed by atoms with Crippen LogP contribution in [0.15, 0.2) is 60.7 Å². The summed E-state index contributed by atoms with van der Waals surface area (Å²) < 4.78 is 7.53. The van der Waals surface area contributed by atoms with Gasteiger partial charge in [0.15, 0.2) is 5.82 Å². The predicted octanol–water partition coefficient (Wildman–Crippen LogP) is 4.08. The summed E-state index contributed by atoms with van der Waals surface area (Å²) in [5, 5.41) is 18.8. The van der Waals surface area contributed by atoms with Crippen LogP contribution >= 0.6 is 0 Å². The van der Waals surface area contributed by atoms with E-state index in [-0.39, 0.29) is 0 Å². The Hall–Kier alpha value is -3.81. The number of hydrogen-bond acceptors (Lipinski definition) is 6. The zero-order chi connectivity index (χ0) is 21.5. The van der Waals surface area contributed by atoms with Crippen molar-refractivity contribution in [1.82, 2.24) is 35.4 Å². The SMILES string of the molecule is CC=CCn1nc(OCCC)nc1Cc1ccc(-c2ccccc2-c2nnn[nH]2)cc1. The van der Waals surface area contributed by atoms with Crippen LogP contribution in [-0.2, 0) is 13.0 Å². The van der Waals surface area contributed by atoms with Crippen LogP contribution in [0, 0.1) is 0 Å². The molecule has 4 aromatic rings. The van der Waals surface area contributed by atoms with Crippen molar-refractivity contribution in [1.29, 1.82) is 0 Å². The van der Waals surface area contributed by atoms with Crippen molar-refractivity contribution in [2.45, 2.75) is 33.2 Å². The maximum atomic E-state index is 5.63. The molecule has 0 aliphatic rings. The average Bonchev–Trinajstić information content (AvgIpc) is 3.47. The zero-order valence-electron chi connectivity index (χ0n) is 17.7. The van der Waals surface area contributed by atoms with Crippen LogP contribution in [0.2, 0.25) is 0 Å². The van der Waals surface area contributed by atoms with Crippen LogP contribution in [-0.4, -0.2) is 42.0 Å². The summed E-state index contributed by atoms with van der Waals surface area (Å²) in [6, 6.07) is 17.0. The number of tetrazole rings is 1. The normalized spacial score (nSPS) is 11.3. The Labute approximate surface area is 181 Å². The van der Waals surface area contributed by atoms with Gasteiger partial charge in [-0.2, -0.15) is 4.98 Å². The Kier molecular flexibility index (Phi) is 6.47. The van der Waals surface area contributed by atoms with Gasteiger partial charge in [0, 0.05) is 12.0 Å². The molecule has 8 nitrogen and oxygen atoms in total. The number of allylic oxidation sites excluding steroid dienone is 2. The average molecular weight is 416 g/mol. The second-order valence-corrected chi connectivity index (χ2v) is 7.08. The highest BCUT2D eigenvalue weighted by Crippen LogP contribution is 2.30. The number of nitrogens with zero attached hydrogens (tertiary/aromatic N) is 6. The second kappa shape index (κ2) is 9.80. The van der Waals surface area contributed by atoms with Crippen molar-refractivity contribution in [3.8, 4) is 28.5 Å². The van der Waals surface area contributed by atoms with Gasteiger partial charge >= 0.3 is 6.01 Å². The molecule has 2 aromatic heterocycles. The number of H-pyrrole nitrogens is 1. The number of aromatic nitrogens is 7. The van der Waals surface area contributed by atoms with Gasteiger partial charge in [-0.1, -0.05) is 67.6 Å². The number of rotatable bonds is 9. The molecular weight excluding hydrogens is 390 g/mol. The molecule has 0 bridgehead atoms. The number of ether oxygens (including phenoxy) is 1. The number of hydrogen-bond donors (Lipinski definition) is 1. The molecule has 0 aliphatic heterocycles. The molecule has 0 saturated carbocycles. The van der Waals surface area contributed by atoms with Gasteiger partial charge in [0.05, 0.1) is 13.2 Å². The molecule has 8 heteroatoms. The van der Waals surface area contributed by atoms with Crippen LogP contribution in [0.3, 0.4) is 0 Å². The number of benzene rings is 2. The molecule has 0 saturated heterocycles. The second-order valence-electron chi connectivity index (χ2n) is 7.08. The first-order valence-electron chi connectivity index (χ1n) is 10.4. The van der Waals surface area contributed by atoms with Gasteiger partial charge < -0.3 is 4.74 Å². The molecule has 0 unspecified atom stereocenters. The Bertz CT molecular complexity index is 1130. The summed E-state index contributed by atoms with van der Waals surface area (Å²) in [4.78, 5) is 4.59. The molecule has 2 heterocycles. The fourth-order valence-corrected chi connectivity index (χ4v) is 3.29. The molecule has 4 rings (SSSR count). The Morgan fingerprint density at radius 3 is 2.58 bits per heavy atom. The fraction of sp³-hybridized carbons (Fsp3) is 0.261. The summed E-state index contributed by atoms with van der Waals surface area (Å²) in [6.07, 6.45) is 5.66. The molecule has 0 amide bonds. The van der Waals surface area contributed by atoms with Gasteiger partial charge in [-0.25, -0.2) is 9.78 Å². The van der Waals surface area contributed by atoms with Gasteiger partial charge in [-0.3, -0.25) is 0 Å². The van der Waals surface area contributed by atoms with Gasteiger partial charge in [0.25, 0.3) is 0 Å². The van der Waals surface area contributed by atoms with Crippen LogP contribution in [0.1, 0.15) is 31.7 Å². The first-order chi connectivity index (χ1) is 15.3.